The number of aliphatic hydroxyl groups excluding tert-OH is 11. The van der Waals surface area contributed by atoms with E-state index in [4.69, 9.17) is 28.4 Å². The zero-order valence-electron chi connectivity index (χ0n) is 39.6. The van der Waals surface area contributed by atoms with Crippen LogP contribution in [0.4, 0.5) is 0 Å². The van der Waals surface area contributed by atoms with Gasteiger partial charge >= 0.3 is 0 Å². The summed E-state index contributed by atoms with van der Waals surface area (Å²) in [5.74, 6) is -0.268. The van der Waals surface area contributed by atoms with E-state index < -0.39 is 124 Å². The van der Waals surface area contributed by atoms with Crippen LogP contribution in [0.15, 0.2) is 36.5 Å². The van der Waals surface area contributed by atoms with Crippen molar-refractivity contribution in [3.05, 3.63) is 36.5 Å². The maximum atomic E-state index is 13.2. The van der Waals surface area contributed by atoms with Crippen molar-refractivity contribution in [2.75, 3.05) is 26.4 Å². The van der Waals surface area contributed by atoms with Crippen molar-refractivity contribution in [2.45, 2.75) is 234 Å². The first-order valence-corrected chi connectivity index (χ1v) is 24.7. The van der Waals surface area contributed by atoms with Crippen molar-refractivity contribution < 1.29 is 89.4 Å². The summed E-state index contributed by atoms with van der Waals surface area (Å²) in [5.41, 5.74) is 0. The first-order chi connectivity index (χ1) is 32.3. The molecule has 0 aromatic rings. The first-order valence-electron chi connectivity index (χ1n) is 24.7. The molecule has 17 unspecified atom stereocenters. The van der Waals surface area contributed by atoms with Crippen molar-refractivity contribution >= 4 is 5.91 Å². The number of aliphatic hydroxyl groups is 11. The second-order valence-corrected chi connectivity index (χ2v) is 17.9. The summed E-state index contributed by atoms with van der Waals surface area (Å²) >= 11 is 0. The summed E-state index contributed by atoms with van der Waals surface area (Å²) in [6.45, 7) is 1.55. The molecule has 0 aromatic carbocycles. The van der Waals surface area contributed by atoms with Crippen LogP contribution >= 0.6 is 0 Å². The zero-order chi connectivity index (χ0) is 49.1. The second-order valence-electron chi connectivity index (χ2n) is 17.9. The Morgan fingerprint density at radius 3 is 1.61 bits per heavy atom. The molecule has 3 aliphatic heterocycles. The molecule has 12 N–H and O–H groups in total. The van der Waals surface area contributed by atoms with E-state index in [1.54, 1.807) is 0 Å². The average Bonchev–Trinajstić information content (AvgIpc) is 3.32. The van der Waals surface area contributed by atoms with Gasteiger partial charge in [0.25, 0.3) is 0 Å². The monoisotopic (exact) mass is 964 g/mol. The van der Waals surface area contributed by atoms with Crippen molar-refractivity contribution in [3.63, 3.8) is 0 Å². The van der Waals surface area contributed by atoms with Crippen LogP contribution in [-0.2, 0) is 33.2 Å². The zero-order valence-corrected chi connectivity index (χ0v) is 39.6. The summed E-state index contributed by atoms with van der Waals surface area (Å²) in [4.78, 5) is 13.2. The molecule has 3 aliphatic rings. The van der Waals surface area contributed by atoms with Crippen molar-refractivity contribution in [1.82, 2.24) is 5.32 Å². The van der Waals surface area contributed by atoms with E-state index in [0.717, 1.165) is 89.9 Å². The van der Waals surface area contributed by atoms with Gasteiger partial charge in [0, 0.05) is 6.42 Å². The minimum absolute atomic E-state index is 0.245. The highest BCUT2D eigenvalue weighted by Gasteiger charge is 2.53. The molecule has 3 rings (SSSR count). The van der Waals surface area contributed by atoms with Crippen molar-refractivity contribution in [2.24, 2.45) is 0 Å². The van der Waals surface area contributed by atoms with Crippen molar-refractivity contribution in [3.8, 4) is 0 Å². The van der Waals surface area contributed by atoms with E-state index >= 15 is 0 Å². The molecule has 0 bridgehead atoms. The summed E-state index contributed by atoms with van der Waals surface area (Å²) < 4.78 is 34.0. The Balaban J connectivity index is 1.54. The van der Waals surface area contributed by atoms with Crippen LogP contribution in [0.1, 0.15) is 129 Å². The molecule has 3 heterocycles. The molecule has 0 radical (unpaired) electrons. The van der Waals surface area contributed by atoms with E-state index in [2.05, 4.69) is 55.6 Å². The fourth-order valence-electron chi connectivity index (χ4n) is 8.32. The van der Waals surface area contributed by atoms with Gasteiger partial charge in [0.05, 0.1) is 38.6 Å². The maximum Gasteiger partial charge on any atom is 0.220 e. The van der Waals surface area contributed by atoms with Gasteiger partial charge in [-0.1, -0.05) is 115 Å². The molecule has 19 heteroatoms. The van der Waals surface area contributed by atoms with Crippen LogP contribution in [0.25, 0.3) is 0 Å². The lowest BCUT2D eigenvalue weighted by atomic mass is 9.96. The SMILES string of the molecule is CC/C=C\C/C=C\C/C=C\CCCCCCCC(=O)NC(COC1OC(CO)C(OC2OC(CO)C(OC3OC(CO)C(O)C(O)C3O)C(O)C2O)C(O)C1O)C(O)CCCCCCCCC. The van der Waals surface area contributed by atoms with E-state index in [1.807, 2.05) is 0 Å². The van der Waals surface area contributed by atoms with Gasteiger partial charge in [-0.05, 0) is 44.9 Å². The van der Waals surface area contributed by atoms with Crippen molar-refractivity contribution in [1.29, 1.82) is 0 Å². The Hall–Kier alpha value is -1.99. The van der Waals surface area contributed by atoms with E-state index in [1.165, 1.54) is 6.42 Å². The third-order valence-corrected chi connectivity index (χ3v) is 12.5. The molecule has 17 atom stereocenters. The molecule has 390 valence electrons. The van der Waals surface area contributed by atoms with E-state index in [9.17, 15) is 61.0 Å². The lowest BCUT2D eigenvalue weighted by molar-refractivity contribution is -0.379. The number of rotatable bonds is 33. The van der Waals surface area contributed by atoms with Gasteiger partial charge < -0.3 is 89.9 Å². The third-order valence-electron chi connectivity index (χ3n) is 12.5. The fourth-order valence-corrected chi connectivity index (χ4v) is 8.32. The largest absolute Gasteiger partial charge is 0.394 e. The fraction of sp³-hybridized carbons (Fsp3) is 0.854. The minimum atomic E-state index is -1.97. The molecule has 0 saturated carbocycles. The number of unbranched alkanes of at least 4 members (excludes halogenated alkanes) is 11. The number of hydrogen-bond donors (Lipinski definition) is 12. The van der Waals surface area contributed by atoms with Crippen LogP contribution in [-0.4, -0.2) is 193 Å². The Labute approximate surface area is 396 Å². The number of amides is 1. The number of hydrogen-bond acceptors (Lipinski definition) is 18. The second kappa shape index (κ2) is 33.6. The third kappa shape index (κ3) is 20.0. The molecule has 3 saturated heterocycles. The lowest BCUT2D eigenvalue weighted by Crippen LogP contribution is -2.66. The number of nitrogens with one attached hydrogen (secondary N) is 1. The summed E-state index contributed by atoms with van der Waals surface area (Å²) in [7, 11) is 0. The Kier molecular flexibility index (Phi) is 29.7. The van der Waals surface area contributed by atoms with Crippen LogP contribution in [0, 0.1) is 0 Å². The summed E-state index contributed by atoms with van der Waals surface area (Å²) in [6.07, 6.45) is 2.92. The minimum Gasteiger partial charge on any atom is -0.394 e. The number of carbonyl (C=O) groups is 1. The molecule has 19 nitrogen and oxygen atoms in total. The normalized spacial score (nSPS) is 33.8. The highest BCUT2D eigenvalue weighted by atomic mass is 16.8. The maximum absolute atomic E-state index is 13.2. The van der Waals surface area contributed by atoms with Gasteiger partial charge in [-0.15, -0.1) is 0 Å². The average molecular weight is 964 g/mol. The lowest BCUT2D eigenvalue weighted by Gasteiger charge is -2.48. The van der Waals surface area contributed by atoms with Crippen LogP contribution < -0.4 is 5.32 Å². The van der Waals surface area contributed by atoms with Crippen LogP contribution in [0.5, 0.6) is 0 Å². The molecule has 3 fully saturated rings. The molecular weight excluding hydrogens is 879 g/mol. The standard InChI is InChI=1S/C48H85NO18/c1-3-5-7-9-11-12-13-14-15-16-17-18-20-22-24-26-36(54)49-31(32(53)25-23-21-19-10-8-6-4-2)30-62-46-42(60)39(57)44(34(28-51)64-46)67-48-43(61)40(58)45(35(29-52)65-48)66-47-41(59)38(56)37(55)33(27-50)63-47/h5,7,11-12,14-15,31-35,37-48,50-53,55-61H,3-4,6,8-10,13,16-30H2,1-2H3,(H,49,54)/b7-5-,12-11-,15-14-. The van der Waals surface area contributed by atoms with Gasteiger partial charge in [-0.2, -0.15) is 0 Å². The highest BCUT2D eigenvalue weighted by molar-refractivity contribution is 5.76. The topological polar surface area (TPSA) is 307 Å². The quantitative estimate of drug-likeness (QED) is 0.0323. The first kappa shape index (κ1) is 59.3. The van der Waals surface area contributed by atoms with Gasteiger partial charge in [-0.25, -0.2) is 0 Å². The molecule has 1 amide bonds. The molecular formula is C48H85NO18. The molecule has 0 spiro atoms. The number of ether oxygens (including phenoxy) is 6. The van der Waals surface area contributed by atoms with Gasteiger partial charge in [0.1, 0.15) is 73.2 Å². The van der Waals surface area contributed by atoms with Crippen LogP contribution in [0.2, 0.25) is 0 Å². The Bertz CT molecular complexity index is 1390. The van der Waals surface area contributed by atoms with Crippen LogP contribution in [0.3, 0.4) is 0 Å². The molecule has 0 aliphatic carbocycles. The number of allylic oxidation sites excluding steroid dienone is 6. The smallest absolute Gasteiger partial charge is 0.220 e. The highest BCUT2D eigenvalue weighted by Crippen LogP contribution is 2.33. The predicted octanol–water partition coefficient (Wildman–Crippen LogP) is 1.03. The Morgan fingerprint density at radius 2 is 1.03 bits per heavy atom. The summed E-state index contributed by atoms with van der Waals surface area (Å²) in [6, 6.07) is -0.891. The number of carbonyl (C=O) groups excluding carboxylic acids is 1. The Morgan fingerprint density at radius 1 is 0.552 bits per heavy atom. The van der Waals surface area contributed by atoms with E-state index in [-0.39, 0.29) is 18.9 Å². The van der Waals surface area contributed by atoms with Gasteiger partial charge in [-0.3, -0.25) is 4.79 Å². The predicted molar refractivity (Wildman–Crippen MR) is 245 cm³/mol. The van der Waals surface area contributed by atoms with Gasteiger partial charge in [0.15, 0.2) is 18.9 Å². The molecule has 0 aromatic heterocycles. The van der Waals surface area contributed by atoms with Gasteiger partial charge in [0.2, 0.25) is 5.91 Å². The van der Waals surface area contributed by atoms with E-state index in [0.29, 0.717) is 12.8 Å². The summed E-state index contributed by atoms with van der Waals surface area (Å²) in [5, 5.41) is 119. The molecule has 67 heavy (non-hydrogen) atoms.